The van der Waals surface area contributed by atoms with Crippen molar-refractivity contribution >= 4 is 10.0 Å². The van der Waals surface area contributed by atoms with Crippen molar-refractivity contribution in [1.29, 1.82) is 0 Å². The molecule has 0 radical (unpaired) electrons. The molecule has 1 aromatic rings. The first kappa shape index (κ1) is 12.6. The van der Waals surface area contributed by atoms with Gasteiger partial charge < -0.3 is 0 Å². The van der Waals surface area contributed by atoms with Gasteiger partial charge in [0.25, 0.3) is 0 Å². The molecule has 4 heteroatoms. The van der Waals surface area contributed by atoms with Gasteiger partial charge in [0.1, 0.15) is 0 Å². The lowest BCUT2D eigenvalue weighted by molar-refractivity contribution is 0.485. The summed E-state index contributed by atoms with van der Waals surface area (Å²) >= 11 is 0. The van der Waals surface area contributed by atoms with Gasteiger partial charge in [0.15, 0.2) is 0 Å². The van der Waals surface area contributed by atoms with Gasteiger partial charge in [-0.3, -0.25) is 0 Å². The van der Waals surface area contributed by atoms with Gasteiger partial charge >= 0.3 is 0 Å². The normalized spacial score (nSPS) is 25.6. The van der Waals surface area contributed by atoms with Crippen LogP contribution in [-0.4, -0.2) is 25.3 Å². The Morgan fingerprint density at radius 2 is 1.94 bits per heavy atom. The Labute approximate surface area is 104 Å². The van der Waals surface area contributed by atoms with Gasteiger partial charge in [-0.05, 0) is 25.0 Å². The van der Waals surface area contributed by atoms with Crippen LogP contribution < -0.4 is 0 Å². The molecule has 1 fully saturated rings. The van der Waals surface area contributed by atoms with Crippen molar-refractivity contribution in [2.75, 3.05) is 6.54 Å². The van der Waals surface area contributed by atoms with Crippen LogP contribution in [0, 0.1) is 12.8 Å². The first-order valence-corrected chi connectivity index (χ1v) is 7.49. The molecule has 2 unspecified atom stereocenters. The van der Waals surface area contributed by atoms with E-state index in [1.165, 1.54) is 0 Å². The Morgan fingerprint density at radius 3 is 2.47 bits per heavy atom. The minimum absolute atomic E-state index is 0.200. The second kappa shape index (κ2) is 4.42. The summed E-state index contributed by atoms with van der Waals surface area (Å²) < 4.78 is 26.1. The second-order valence-electron chi connectivity index (χ2n) is 4.84. The Bertz CT molecular complexity index is 493. The quantitative estimate of drug-likeness (QED) is 0.773. The molecule has 0 aliphatic carbocycles. The van der Waals surface area contributed by atoms with Crippen molar-refractivity contribution in [2.24, 2.45) is 5.92 Å². The van der Waals surface area contributed by atoms with Crippen LogP contribution in [0.4, 0.5) is 0 Å². The summed E-state index contributed by atoms with van der Waals surface area (Å²) in [6, 6.07) is 7.27. The van der Waals surface area contributed by atoms with Crippen LogP contribution in [0.1, 0.15) is 25.8 Å². The topological polar surface area (TPSA) is 37.1 Å². The SMILES string of the molecule is CCC(C)[C@@H]1CN1S(=O)(=O)c1ccc(C)cc1. The van der Waals surface area contributed by atoms with Crippen molar-refractivity contribution in [1.82, 2.24) is 4.31 Å². The van der Waals surface area contributed by atoms with Crippen molar-refractivity contribution in [3.8, 4) is 0 Å². The highest BCUT2D eigenvalue weighted by Crippen LogP contribution is 2.34. The van der Waals surface area contributed by atoms with Gasteiger partial charge in [-0.1, -0.05) is 38.0 Å². The standard InChI is InChI=1S/C13H19NO2S/c1-4-11(3)13-9-14(13)17(15,16)12-7-5-10(2)6-8-12/h5-8,11,13H,4,9H2,1-3H3/t11?,13-,14?/m0/s1. The predicted octanol–water partition coefficient (Wildman–Crippen LogP) is 2.41. The van der Waals surface area contributed by atoms with Gasteiger partial charge in [-0.2, -0.15) is 4.31 Å². The minimum atomic E-state index is -3.25. The molecule has 1 aliphatic heterocycles. The van der Waals surface area contributed by atoms with Crippen LogP contribution in [0.25, 0.3) is 0 Å². The zero-order chi connectivity index (χ0) is 12.6. The molecule has 0 spiro atoms. The molecule has 1 heterocycles. The summed E-state index contributed by atoms with van der Waals surface area (Å²) in [5.74, 6) is 0.440. The average molecular weight is 253 g/mol. The fourth-order valence-corrected chi connectivity index (χ4v) is 3.66. The van der Waals surface area contributed by atoms with E-state index in [4.69, 9.17) is 0 Å². The molecule has 94 valence electrons. The highest BCUT2D eigenvalue weighted by molar-refractivity contribution is 7.89. The molecule has 0 aromatic heterocycles. The lowest BCUT2D eigenvalue weighted by atomic mass is 10.1. The molecular weight excluding hydrogens is 234 g/mol. The number of benzene rings is 1. The minimum Gasteiger partial charge on any atom is -0.207 e. The molecule has 1 aromatic carbocycles. The number of nitrogens with zero attached hydrogens (tertiary/aromatic N) is 1. The average Bonchev–Trinajstić information content (AvgIpc) is 3.09. The van der Waals surface area contributed by atoms with E-state index in [9.17, 15) is 8.42 Å². The van der Waals surface area contributed by atoms with E-state index < -0.39 is 10.0 Å². The monoisotopic (exact) mass is 253 g/mol. The largest absolute Gasteiger partial charge is 0.243 e. The van der Waals surface area contributed by atoms with E-state index in [0.29, 0.717) is 17.4 Å². The first-order chi connectivity index (χ1) is 7.96. The lowest BCUT2D eigenvalue weighted by Gasteiger charge is -2.10. The number of aryl methyl sites for hydroxylation is 1. The number of sulfonamides is 1. The second-order valence-corrected chi connectivity index (χ2v) is 6.73. The number of hydrogen-bond acceptors (Lipinski definition) is 2. The van der Waals surface area contributed by atoms with Crippen molar-refractivity contribution in [3.05, 3.63) is 29.8 Å². The lowest BCUT2D eigenvalue weighted by Crippen LogP contribution is -2.17. The van der Waals surface area contributed by atoms with Gasteiger partial charge in [0.2, 0.25) is 10.0 Å². The number of hydrogen-bond donors (Lipinski definition) is 0. The summed E-state index contributed by atoms with van der Waals surface area (Å²) in [6.45, 7) is 6.83. The van der Waals surface area contributed by atoms with Crippen LogP contribution in [0.15, 0.2) is 29.2 Å². The summed E-state index contributed by atoms with van der Waals surface area (Å²) in [7, 11) is -3.25. The molecule has 0 N–H and O–H groups in total. The maximum atomic E-state index is 12.3. The third-order valence-electron chi connectivity index (χ3n) is 3.53. The molecule has 0 saturated carbocycles. The summed E-state index contributed by atoms with van der Waals surface area (Å²) in [6.07, 6.45) is 1.02. The maximum absolute atomic E-state index is 12.3. The highest BCUT2D eigenvalue weighted by atomic mass is 32.2. The van der Waals surface area contributed by atoms with E-state index in [0.717, 1.165) is 12.0 Å². The smallest absolute Gasteiger partial charge is 0.207 e. The van der Waals surface area contributed by atoms with Crippen LogP contribution >= 0.6 is 0 Å². The van der Waals surface area contributed by atoms with Crippen LogP contribution in [0.2, 0.25) is 0 Å². The van der Waals surface area contributed by atoms with E-state index in [1.807, 2.05) is 19.1 Å². The Kier molecular flexibility index (Phi) is 3.27. The third kappa shape index (κ3) is 2.38. The molecule has 1 aliphatic rings. The van der Waals surface area contributed by atoms with Gasteiger partial charge in [0.05, 0.1) is 4.90 Å². The van der Waals surface area contributed by atoms with Crippen molar-refractivity contribution < 1.29 is 8.42 Å². The van der Waals surface area contributed by atoms with E-state index >= 15 is 0 Å². The van der Waals surface area contributed by atoms with Gasteiger partial charge in [-0.25, -0.2) is 8.42 Å². The fourth-order valence-electron chi connectivity index (χ4n) is 2.00. The first-order valence-electron chi connectivity index (χ1n) is 6.05. The van der Waals surface area contributed by atoms with Gasteiger partial charge in [-0.15, -0.1) is 0 Å². The van der Waals surface area contributed by atoms with Crippen LogP contribution in [0.5, 0.6) is 0 Å². The molecule has 0 amide bonds. The Balaban J connectivity index is 2.19. The van der Waals surface area contributed by atoms with E-state index in [-0.39, 0.29) is 6.04 Å². The van der Waals surface area contributed by atoms with E-state index in [1.54, 1.807) is 16.4 Å². The molecule has 3 atom stereocenters. The van der Waals surface area contributed by atoms with Crippen LogP contribution in [0.3, 0.4) is 0 Å². The van der Waals surface area contributed by atoms with E-state index in [2.05, 4.69) is 13.8 Å². The zero-order valence-electron chi connectivity index (χ0n) is 10.6. The molecule has 0 bridgehead atoms. The molecule has 17 heavy (non-hydrogen) atoms. The summed E-state index contributed by atoms with van der Waals surface area (Å²) in [5, 5.41) is 0. The van der Waals surface area contributed by atoms with Gasteiger partial charge in [0, 0.05) is 12.6 Å². The third-order valence-corrected chi connectivity index (χ3v) is 5.44. The summed E-state index contributed by atoms with van der Waals surface area (Å²) in [4.78, 5) is 0.411. The predicted molar refractivity (Wildman–Crippen MR) is 68.3 cm³/mol. The number of rotatable bonds is 4. The highest BCUT2D eigenvalue weighted by Gasteiger charge is 2.46. The van der Waals surface area contributed by atoms with Crippen molar-refractivity contribution in [3.63, 3.8) is 0 Å². The van der Waals surface area contributed by atoms with Crippen molar-refractivity contribution in [2.45, 2.75) is 38.1 Å². The Morgan fingerprint density at radius 1 is 1.35 bits per heavy atom. The molecule has 2 rings (SSSR count). The zero-order valence-corrected chi connectivity index (χ0v) is 11.4. The molecule has 1 saturated heterocycles. The van der Waals surface area contributed by atoms with Crippen LogP contribution in [-0.2, 0) is 10.0 Å². The maximum Gasteiger partial charge on any atom is 0.243 e. The fraction of sp³-hybridized carbons (Fsp3) is 0.538. The summed E-state index contributed by atoms with van der Waals surface area (Å²) in [5.41, 5.74) is 1.08. The Hall–Kier alpha value is -0.870. The molecular formula is C13H19NO2S. The molecule has 3 nitrogen and oxygen atoms in total.